The Morgan fingerprint density at radius 3 is 2.65 bits per heavy atom. The van der Waals surface area contributed by atoms with E-state index in [1.807, 2.05) is 39.0 Å². The Kier molecular flexibility index (Phi) is 11.9. The number of anilines is 2. The molecule has 14 heteroatoms. The van der Waals surface area contributed by atoms with Gasteiger partial charge in [-0.15, -0.1) is 0 Å². The molecule has 0 spiro atoms. The Balaban J connectivity index is 1.34. The number of hydrogen-bond acceptors (Lipinski definition) is 11. The van der Waals surface area contributed by atoms with E-state index in [0.29, 0.717) is 39.3 Å². The van der Waals surface area contributed by atoms with Crippen LogP contribution in [0.1, 0.15) is 68.4 Å². The van der Waals surface area contributed by atoms with Gasteiger partial charge in [-0.25, -0.2) is 4.79 Å². The summed E-state index contributed by atoms with van der Waals surface area (Å²) >= 11 is 6.81. The molecular formula is C43H51ClN4O9. The molecule has 3 aromatic rings. The number of nitrogens with zero attached hydrogens (tertiary/aromatic N) is 3. The number of aryl methyl sites for hydroxylation is 1. The minimum absolute atomic E-state index is 0.0520. The summed E-state index contributed by atoms with van der Waals surface area (Å²) in [6.45, 7) is 8.93. The fourth-order valence-electron chi connectivity index (χ4n) is 8.04. The Hall–Kier alpha value is -4.82. The largest absolute Gasteiger partial charge is 0.462 e. The minimum atomic E-state index is -1.58. The lowest BCUT2D eigenvalue weighted by Gasteiger charge is -2.41. The van der Waals surface area contributed by atoms with Gasteiger partial charge in [-0.05, 0) is 69.5 Å². The highest BCUT2D eigenvalue weighted by Crippen LogP contribution is 2.49. The summed E-state index contributed by atoms with van der Waals surface area (Å²) in [5.74, 6) is -2.72. The summed E-state index contributed by atoms with van der Waals surface area (Å²) in [6.07, 6.45) is 3.60. The third-order valence-corrected chi connectivity index (χ3v) is 12.2. The molecule has 2 saturated heterocycles. The normalized spacial score (nSPS) is 30.0. The quantitative estimate of drug-likeness (QED) is 0.189. The summed E-state index contributed by atoms with van der Waals surface area (Å²) in [6, 6.07) is 9.34. The van der Waals surface area contributed by atoms with Gasteiger partial charge in [0, 0.05) is 50.7 Å². The zero-order valence-corrected chi connectivity index (χ0v) is 34.3. The van der Waals surface area contributed by atoms with Crippen LogP contribution < -0.4 is 10.6 Å². The van der Waals surface area contributed by atoms with E-state index >= 15 is 0 Å². The van der Waals surface area contributed by atoms with Gasteiger partial charge < -0.3 is 39.6 Å². The summed E-state index contributed by atoms with van der Waals surface area (Å²) in [7, 11) is 4.58. The molecule has 0 radical (unpaired) electrons. The van der Waals surface area contributed by atoms with Gasteiger partial charge in [0.15, 0.2) is 0 Å². The van der Waals surface area contributed by atoms with Crippen LogP contribution in [0.3, 0.4) is 0 Å². The van der Waals surface area contributed by atoms with Crippen molar-refractivity contribution in [2.75, 3.05) is 31.8 Å². The average Bonchev–Trinajstić information content (AvgIpc) is 3.87. The maximum absolute atomic E-state index is 14.2. The lowest BCUT2D eigenvalue weighted by molar-refractivity contribution is -0.187. The van der Waals surface area contributed by atoms with E-state index in [2.05, 4.69) is 4.98 Å². The van der Waals surface area contributed by atoms with Gasteiger partial charge in [-0.1, -0.05) is 54.5 Å². The molecular weight excluding hydrogens is 752 g/mol. The number of carbonyl (C=O) groups excluding carboxylic acids is 4. The standard InChI is InChI=1S/C43H51ClN4O9/c1-23-11-9-13-33(54-8)43(53)21-32(55-36(50)22-43)25(3)39-42(5,57-39)34(20-35(49)48(7)31-19-27(17-23)18-24(2)37(31)44)56-41(52)26(4)47(6)40(51)29-14-15-30(45)38-28(29)12-10-16-46-38/h9-16,18-19,25-26,32-34,39,53H,17,20-22,45H2,1-8H3/b13-9+,23-11+/t25-,26+,32+,33-,34+,39+,42+,43-/m1/s1. The Bertz CT molecular complexity index is 2160. The molecule has 3 aliphatic heterocycles. The molecule has 3 N–H and O–H groups in total. The van der Waals surface area contributed by atoms with Crippen LogP contribution in [-0.2, 0) is 39.8 Å². The number of methoxy groups -OCH3 is 1. The number of esters is 2. The number of epoxide rings is 1. The third-order valence-electron chi connectivity index (χ3n) is 11.7. The van der Waals surface area contributed by atoms with Gasteiger partial charge in [-0.3, -0.25) is 19.4 Å². The number of hydrogen-bond donors (Lipinski definition) is 2. The molecule has 4 bridgehead atoms. The van der Waals surface area contributed by atoms with E-state index in [9.17, 15) is 24.3 Å². The van der Waals surface area contributed by atoms with Crippen molar-refractivity contribution in [1.29, 1.82) is 0 Å². The maximum Gasteiger partial charge on any atom is 0.328 e. The molecule has 8 atom stereocenters. The van der Waals surface area contributed by atoms with Crippen LogP contribution in [0.2, 0.25) is 5.02 Å². The summed E-state index contributed by atoms with van der Waals surface area (Å²) in [4.78, 5) is 62.2. The first-order valence-corrected chi connectivity index (χ1v) is 19.4. The van der Waals surface area contributed by atoms with Crippen LogP contribution in [0.4, 0.5) is 11.4 Å². The summed E-state index contributed by atoms with van der Waals surface area (Å²) < 4.78 is 24.0. The molecule has 6 rings (SSSR count). The van der Waals surface area contributed by atoms with Crippen molar-refractivity contribution < 1.29 is 43.2 Å². The van der Waals surface area contributed by atoms with Crippen LogP contribution in [-0.4, -0.2) is 102 Å². The number of nitrogens with two attached hydrogens (primary N) is 1. The number of fused-ring (bicyclic) bond motifs is 6. The number of halogens is 1. The number of allylic oxidation sites excluding steroid dienone is 3. The zero-order valence-electron chi connectivity index (χ0n) is 33.6. The Morgan fingerprint density at radius 2 is 1.93 bits per heavy atom. The lowest BCUT2D eigenvalue weighted by atomic mass is 9.78. The second kappa shape index (κ2) is 16.2. The first kappa shape index (κ1) is 41.8. The van der Waals surface area contributed by atoms with Crippen molar-refractivity contribution in [2.24, 2.45) is 5.92 Å². The summed E-state index contributed by atoms with van der Waals surface area (Å²) in [5.41, 5.74) is 7.65. The molecule has 57 heavy (non-hydrogen) atoms. The number of ether oxygens (including phenoxy) is 4. The van der Waals surface area contributed by atoms with Crippen LogP contribution in [0.25, 0.3) is 10.9 Å². The van der Waals surface area contributed by atoms with Crippen molar-refractivity contribution in [3.8, 4) is 0 Å². The molecule has 1 aromatic heterocycles. The smallest absolute Gasteiger partial charge is 0.328 e. The predicted molar refractivity (Wildman–Crippen MR) is 216 cm³/mol. The average molecular weight is 803 g/mol. The number of nitrogen functional groups attached to an aromatic ring is 1. The van der Waals surface area contributed by atoms with Gasteiger partial charge in [0.25, 0.3) is 5.91 Å². The van der Waals surface area contributed by atoms with E-state index in [0.717, 1.165) is 16.7 Å². The highest BCUT2D eigenvalue weighted by molar-refractivity contribution is 6.34. The highest BCUT2D eigenvalue weighted by Gasteiger charge is 2.64. The molecule has 0 saturated carbocycles. The summed E-state index contributed by atoms with van der Waals surface area (Å²) in [5, 5.41) is 12.8. The third kappa shape index (κ3) is 8.29. The van der Waals surface area contributed by atoms with Crippen molar-refractivity contribution in [1.82, 2.24) is 9.88 Å². The number of rotatable bonds is 5. The molecule has 2 aromatic carbocycles. The van der Waals surface area contributed by atoms with E-state index in [1.165, 1.54) is 24.0 Å². The van der Waals surface area contributed by atoms with Gasteiger partial charge in [0.1, 0.15) is 35.6 Å². The number of amides is 2. The van der Waals surface area contributed by atoms with E-state index in [4.69, 9.17) is 36.3 Å². The second-order valence-corrected chi connectivity index (χ2v) is 16.2. The van der Waals surface area contributed by atoms with Crippen LogP contribution in [0.15, 0.2) is 66.4 Å². The van der Waals surface area contributed by atoms with Crippen LogP contribution >= 0.6 is 11.6 Å². The molecule has 2 amide bonds. The maximum atomic E-state index is 14.2. The van der Waals surface area contributed by atoms with Gasteiger partial charge in [0.2, 0.25) is 5.91 Å². The number of likely N-dealkylation sites (N-methyl/N-ethyl adjacent to an activating group) is 1. The highest BCUT2D eigenvalue weighted by atomic mass is 35.5. The molecule has 2 fully saturated rings. The zero-order chi connectivity index (χ0) is 41.6. The second-order valence-electron chi connectivity index (χ2n) is 15.8. The molecule has 0 unspecified atom stereocenters. The first-order valence-electron chi connectivity index (χ1n) is 19.0. The minimum Gasteiger partial charge on any atom is -0.462 e. The molecule has 13 nitrogen and oxygen atoms in total. The fourth-order valence-corrected chi connectivity index (χ4v) is 8.28. The van der Waals surface area contributed by atoms with Crippen LogP contribution in [0.5, 0.6) is 0 Å². The fraction of sp³-hybridized carbons (Fsp3) is 0.465. The Labute approximate surface area is 337 Å². The van der Waals surface area contributed by atoms with Crippen molar-refractivity contribution >= 4 is 57.6 Å². The van der Waals surface area contributed by atoms with Gasteiger partial charge >= 0.3 is 11.9 Å². The number of pyridine rings is 1. The molecule has 0 aliphatic carbocycles. The number of aromatic nitrogens is 1. The Morgan fingerprint density at radius 1 is 1.19 bits per heavy atom. The predicted octanol–water partition coefficient (Wildman–Crippen LogP) is 5.51. The van der Waals surface area contributed by atoms with Gasteiger partial charge in [-0.2, -0.15) is 0 Å². The molecule has 4 heterocycles. The first-order chi connectivity index (χ1) is 26.9. The van der Waals surface area contributed by atoms with E-state index in [-0.39, 0.29) is 19.3 Å². The van der Waals surface area contributed by atoms with E-state index < -0.39 is 71.3 Å². The number of benzene rings is 2. The van der Waals surface area contributed by atoms with E-state index in [1.54, 1.807) is 63.5 Å². The molecule has 304 valence electrons. The SMILES string of the molecule is CO[C@@H]1/C=C/C=C(\C)Cc2cc(C)c(Cl)c(c2)N(C)C(=O)C[C@H](OC(=O)[C@H](C)N(C)C(=O)c2ccc(N)c3ncccc23)[C@]2(C)O[C@H]2[C@H](C)[C@@H]2C[C@@]1(O)CC(=O)O2. The van der Waals surface area contributed by atoms with Crippen molar-refractivity contribution in [3.05, 3.63) is 88.1 Å². The number of aliphatic hydroxyl groups is 1. The van der Waals surface area contributed by atoms with Crippen molar-refractivity contribution in [2.45, 2.75) is 102 Å². The monoisotopic (exact) mass is 802 g/mol. The topological polar surface area (TPSA) is 174 Å². The molecule has 3 aliphatic rings. The number of carbonyl (C=O) groups is 4. The van der Waals surface area contributed by atoms with Crippen LogP contribution in [0, 0.1) is 12.8 Å². The van der Waals surface area contributed by atoms with Gasteiger partial charge in [0.05, 0.1) is 40.9 Å². The lowest BCUT2D eigenvalue weighted by Crippen LogP contribution is -2.53. The van der Waals surface area contributed by atoms with Crippen molar-refractivity contribution in [3.63, 3.8) is 0 Å².